The lowest BCUT2D eigenvalue weighted by molar-refractivity contribution is -0.118. The van der Waals surface area contributed by atoms with Gasteiger partial charge in [-0.05, 0) is 12.1 Å². The molecule has 0 N–H and O–H groups in total. The van der Waals surface area contributed by atoms with Crippen LogP contribution in [0, 0.1) is 0 Å². The molecule has 0 saturated carbocycles. The van der Waals surface area contributed by atoms with E-state index in [2.05, 4.69) is 6.07 Å². The number of rotatable bonds is 2. The third-order valence-corrected chi connectivity index (χ3v) is 4.13. The average molecular weight is 265 g/mol. The number of para-hydroxylation sites is 1. The Kier molecular flexibility index (Phi) is 3.54. The SMILES string of the molecule is O=C1CSc2ccccc2N1CC1COCCO1. The predicted octanol–water partition coefficient (Wildman–Crippen LogP) is 1.54. The summed E-state index contributed by atoms with van der Waals surface area (Å²) >= 11 is 1.60. The van der Waals surface area contributed by atoms with Gasteiger partial charge in [0.1, 0.15) is 0 Å². The first-order valence-electron chi connectivity index (χ1n) is 6.06. The van der Waals surface area contributed by atoms with E-state index < -0.39 is 0 Å². The van der Waals surface area contributed by atoms with Crippen molar-refractivity contribution in [3.8, 4) is 0 Å². The molecule has 1 amide bonds. The molecule has 2 heterocycles. The van der Waals surface area contributed by atoms with Gasteiger partial charge in [0.15, 0.2) is 0 Å². The van der Waals surface area contributed by atoms with Gasteiger partial charge in [-0.2, -0.15) is 0 Å². The molecule has 1 aromatic rings. The second kappa shape index (κ2) is 5.30. The van der Waals surface area contributed by atoms with Crippen molar-refractivity contribution < 1.29 is 14.3 Å². The van der Waals surface area contributed by atoms with Crippen LogP contribution in [-0.4, -0.2) is 44.1 Å². The number of nitrogens with zero attached hydrogens (tertiary/aromatic N) is 1. The molecule has 1 saturated heterocycles. The number of carbonyl (C=O) groups is 1. The fraction of sp³-hybridized carbons (Fsp3) is 0.462. The highest BCUT2D eigenvalue weighted by atomic mass is 32.2. The highest BCUT2D eigenvalue weighted by Gasteiger charge is 2.28. The zero-order valence-corrected chi connectivity index (χ0v) is 10.8. The molecule has 4 nitrogen and oxygen atoms in total. The van der Waals surface area contributed by atoms with Crippen molar-refractivity contribution in [1.82, 2.24) is 0 Å². The van der Waals surface area contributed by atoms with Gasteiger partial charge >= 0.3 is 0 Å². The summed E-state index contributed by atoms with van der Waals surface area (Å²) in [5.41, 5.74) is 0.993. The smallest absolute Gasteiger partial charge is 0.237 e. The van der Waals surface area contributed by atoms with E-state index in [0.29, 0.717) is 32.1 Å². The summed E-state index contributed by atoms with van der Waals surface area (Å²) in [6.07, 6.45) is -0.0149. The largest absolute Gasteiger partial charge is 0.376 e. The molecule has 0 aliphatic carbocycles. The fourth-order valence-corrected chi connectivity index (χ4v) is 3.14. The van der Waals surface area contributed by atoms with E-state index in [9.17, 15) is 4.79 Å². The van der Waals surface area contributed by atoms with Crippen LogP contribution in [-0.2, 0) is 14.3 Å². The summed E-state index contributed by atoms with van der Waals surface area (Å²) in [7, 11) is 0. The van der Waals surface area contributed by atoms with Crippen molar-refractivity contribution in [2.24, 2.45) is 0 Å². The molecule has 0 bridgehead atoms. The first-order chi connectivity index (χ1) is 8.84. The quantitative estimate of drug-likeness (QED) is 0.813. The first-order valence-corrected chi connectivity index (χ1v) is 7.05. The number of ether oxygens (including phenoxy) is 2. The van der Waals surface area contributed by atoms with Gasteiger partial charge in [0, 0.05) is 4.90 Å². The second-order valence-corrected chi connectivity index (χ2v) is 5.35. The minimum atomic E-state index is -0.0149. The van der Waals surface area contributed by atoms with Gasteiger partial charge in [-0.1, -0.05) is 12.1 Å². The van der Waals surface area contributed by atoms with Gasteiger partial charge in [-0.25, -0.2) is 0 Å². The topological polar surface area (TPSA) is 38.8 Å². The first kappa shape index (κ1) is 12.0. The number of amides is 1. The number of hydrogen-bond acceptors (Lipinski definition) is 4. The molecule has 1 aromatic carbocycles. The standard InChI is InChI=1S/C13H15NO3S/c15-13-9-18-12-4-2-1-3-11(12)14(13)7-10-8-16-5-6-17-10/h1-4,10H,5-9H2. The summed E-state index contributed by atoms with van der Waals surface area (Å²) < 4.78 is 11.0. The third-order valence-electron chi connectivity index (χ3n) is 3.08. The minimum Gasteiger partial charge on any atom is -0.376 e. The highest BCUT2D eigenvalue weighted by Crippen LogP contribution is 2.35. The highest BCUT2D eigenvalue weighted by molar-refractivity contribution is 8.00. The maximum absolute atomic E-state index is 12.0. The summed E-state index contributed by atoms with van der Waals surface area (Å²) in [4.78, 5) is 15.0. The Morgan fingerprint density at radius 3 is 3.06 bits per heavy atom. The van der Waals surface area contributed by atoms with Crippen molar-refractivity contribution >= 4 is 23.4 Å². The van der Waals surface area contributed by atoms with Crippen LogP contribution in [0.2, 0.25) is 0 Å². The number of thioether (sulfide) groups is 1. The number of anilines is 1. The molecule has 2 aliphatic heterocycles. The van der Waals surface area contributed by atoms with Crippen LogP contribution >= 0.6 is 11.8 Å². The van der Waals surface area contributed by atoms with Gasteiger partial charge < -0.3 is 14.4 Å². The molecule has 0 radical (unpaired) electrons. The minimum absolute atomic E-state index is 0.0149. The zero-order valence-electron chi connectivity index (χ0n) is 10.0. The van der Waals surface area contributed by atoms with E-state index in [1.54, 1.807) is 11.8 Å². The van der Waals surface area contributed by atoms with E-state index in [0.717, 1.165) is 10.6 Å². The van der Waals surface area contributed by atoms with E-state index in [1.165, 1.54) is 0 Å². The number of benzene rings is 1. The van der Waals surface area contributed by atoms with Crippen molar-refractivity contribution in [3.63, 3.8) is 0 Å². The van der Waals surface area contributed by atoms with E-state index in [-0.39, 0.29) is 12.0 Å². The lowest BCUT2D eigenvalue weighted by atomic mass is 10.2. The Morgan fingerprint density at radius 1 is 1.33 bits per heavy atom. The molecule has 1 fully saturated rings. The number of carbonyl (C=O) groups excluding carboxylic acids is 1. The van der Waals surface area contributed by atoms with Crippen molar-refractivity contribution in [2.75, 3.05) is 37.0 Å². The maximum Gasteiger partial charge on any atom is 0.237 e. The van der Waals surface area contributed by atoms with E-state index in [1.807, 2.05) is 23.1 Å². The van der Waals surface area contributed by atoms with Gasteiger partial charge in [-0.15, -0.1) is 11.8 Å². The second-order valence-electron chi connectivity index (χ2n) is 4.33. The lowest BCUT2D eigenvalue weighted by Crippen LogP contribution is -2.45. The summed E-state index contributed by atoms with van der Waals surface area (Å²) in [5, 5.41) is 0. The molecular formula is C13H15NO3S. The molecular weight excluding hydrogens is 250 g/mol. The summed E-state index contributed by atoms with van der Waals surface area (Å²) in [6, 6.07) is 8.00. The van der Waals surface area contributed by atoms with Gasteiger partial charge in [0.2, 0.25) is 5.91 Å². The number of fused-ring (bicyclic) bond motifs is 1. The Balaban J connectivity index is 1.79. The van der Waals surface area contributed by atoms with Gasteiger partial charge in [0.25, 0.3) is 0 Å². The van der Waals surface area contributed by atoms with Crippen LogP contribution in [0.25, 0.3) is 0 Å². The van der Waals surface area contributed by atoms with E-state index >= 15 is 0 Å². The number of hydrogen-bond donors (Lipinski definition) is 0. The van der Waals surface area contributed by atoms with Crippen LogP contribution in [0.4, 0.5) is 5.69 Å². The molecule has 0 spiro atoms. The van der Waals surface area contributed by atoms with Crippen LogP contribution < -0.4 is 4.90 Å². The summed E-state index contributed by atoms with van der Waals surface area (Å²) in [5.74, 6) is 0.651. The molecule has 96 valence electrons. The van der Waals surface area contributed by atoms with Crippen LogP contribution in [0.5, 0.6) is 0 Å². The van der Waals surface area contributed by atoms with Crippen LogP contribution in [0.3, 0.4) is 0 Å². The Hall–Kier alpha value is -1.04. The molecule has 2 aliphatic rings. The fourth-order valence-electron chi connectivity index (χ4n) is 2.20. The third kappa shape index (κ3) is 2.39. The lowest BCUT2D eigenvalue weighted by Gasteiger charge is -2.33. The zero-order chi connectivity index (χ0) is 12.4. The molecule has 0 aromatic heterocycles. The van der Waals surface area contributed by atoms with Crippen LogP contribution in [0.1, 0.15) is 0 Å². The molecule has 5 heteroatoms. The van der Waals surface area contributed by atoms with Crippen molar-refractivity contribution in [2.45, 2.75) is 11.0 Å². The predicted molar refractivity (Wildman–Crippen MR) is 70.1 cm³/mol. The molecule has 18 heavy (non-hydrogen) atoms. The van der Waals surface area contributed by atoms with Crippen LogP contribution in [0.15, 0.2) is 29.2 Å². The Labute approximate surface area is 110 Å². The Morgan fingerprint density at radius 2 is 2.22 bits per heavy atom. The van der Waals surface area contributed by atoms with Crippen molar-refractivity contribution in [3.05, 3.63) is 24.3 Å². The summed E-state index contributed by atoms with van der Waals surface area (Å²) in [6.45, 7) is 2.41. The molecule has 1 atom stereocenters. The van der Waals surface area contributed by atoms with Crippen molar-refractivity contribution in [1.29, 1.82) is 0 Å². The molecule has 3 rings (SSSR count). The van der Waals surface area contributed by atoms with Gasteiger partial charge in [0.05, 0.1) is 43.9 Å². The van der Waals surface area contributed by atoms with Gasteiger partial charge in [-0.3, -0.25) is 4.79 Å². The Bertz CT molecular complexity index is 446. The van der Waals surface area contributed by atoms with E-state index in [4.69, 9.17) is 9.47 Å². The molecule has 1 unspecified atom stereocenters. The maximum atomic E-state index is 12.0. The monoisotopic (exact) mass is 265 g/mol. The normalized spacial score (nSPS) is 23.9. The average Bonchev–Trinajstić information content (AvgIpc) is 2.43.